The Morgan fingerprint density at radius 2 is 2.14 bits per heavy atom. The van der Waals surface area contributed by atoms with Crippen LogP contribution in [-0.4, -0.2) is 46.6 Å². The summed E-state index contributed by atoms with van der Waals surface area (Å²) in [6, 6.07) is 15.9. The number of aliphatic hydroxyl groups excluding tert-OH is 1. The lowest BCUT2D eigenvalue weighted by atomic mass is 10.1. The number of amides is 1. The zero-order valence-electron chi connectivity index (χ0n) is 15.4. The van der Waals surface area contributed by atoms with Gasteiger partial charge in [0.05, 0.1) is 28.8 Å². The molecule has 2 heterocycles. The molecule has 2 atom stereocenters. The smallest absolute Gasteiger partial charge is 0.224 e. The van der Waals surface area contributed by atoms with Crippen molar-refractivity contribution < 1.29 is 9.90 Å². The van der Waals surface area contributed by atoms with E-state index in [1.54, 1.807) is 0 Å². The van der Waals surface area contributed by atoms with E-state index in [1.807, 2.05) is 48.5 Å². The Morgan fingerprint density at radius 1 is 1.32 bits per heavy atom. The third-order valence-electron chi connectivity index (χ3n) is 5.07. The summed E-state index contributed by atoms with van der Waals surface area (Å²) in [6.07, 6.45) is 0.838. The van der Waals surface area contributed by atoms with E-state index in [9.17, 15) is 9.90 Å². The second kappa shape index (κ2) is 8.53. The molecular weight excluding hydrogens is 390 g/mol. The highest BCUT2D eigenvalue weighted by atomic mass is 32.1. The minimum absolute atomic E-state index is 0.0122. The van der Waals surface area contributed by atoms with Crippen molar-refractivity contribution in [3.05, 3.63) is 63.6 Å². The Kier molecular flexibility index (Phi) is 5.87. The van der Waals surface area contributed by atoms with Gasteiger partial charge in [-0.05, 0) is 41.9 Å². The van der Waals surface area contributed by atoms with E-state index in [2.05, 4.69) is 15.2 Å². The Labute approximate surface area is 173 Å². The maximum Gasteiger partial charge on any atom is 0.224 e. The van der Waals surface area contributed by atoms with Crippen LogP contribution in [-0.2, 0) is 11.2 Å². The summed E-state index contributed by atoms with van der Waals surface area (Å²) >= 11 is 6.73. The maximum absolute atomic E-state index is 12.8. The first-order valence-corrected chi connectivity index (χ1v) is 10.7. The van der Waals surface area contributed by atoms with E-state index in [4.69, 9.17) is 12.2 Å². The van der Waals surface area contributed by atoms with Gasteiger partial charge in [-0.25, -0.2) is 0 Å². The molecule has 3 aromatic rings. The molecule has 1 amide bonds. The lowest BCUT2D eigenvalue weighted by molar-refractivity contribution is -0.121. The average molecular weight is 414 g/mol. The molecule has 28 heavy (non-hydrogen) atoms. The van der Waals surface area contributed by atoms with Gasteiger partial charge in [0.15, 0.2) is 3.95 Å². The molecule has 0 aliphatic carbocycles. The molecule has 1 saturated heterocycles. The molecule has 1 aliphatic rings. The zero-order chi connectivity index (χ0) is 19.5. The number of nitrogens with one attached hydrogen (secondary N) is 2. The number of hydrogen-bond acceptors (Lipinski definition) is 5. The van der Waals surface area contributed by atoms with Crippen molar-refractivity contribution in [2.24, 2.45) is 0 Å². The maximum atomic E-state index is 12.8. The second-order valence-electron chi connectivity index (χ2n) is 7.25. The average Bonchev–Trinajstić information content (AvgIpc) is 3.25. The Balaban J connectivity index is 1.46. The lowest BCUT2D eigenvalue weighted by Gasteiger charge is -2.25. The zero-order valence-corrected chi connectivity index (χ0v) is 17.1. The number of aromatic amines is 1. The largest absolute Gasteiger partial charge is 0.392 e. The first-order chi connectivity index (χ1) is 13.6. The molecule has 0 bridgehead atoms. The third kappa shape index (κ3) is 4.67. The van der Waals surface area contributed by atoms with Crippen molar-refractivity contribution in [1.29, 1.82) is 0 Å². The quantitative estimate of drug-likeness (QED) is 0.542. The van der Waals surface area contributed by atoms with Gasteiger partial charge < -0.3 is 15.4 Å². The highest BCUT2D eigenvalue weighted by Gasteiger charge is 2.24. The molecule has 1 aromatic heterocycles. The molecule has 1 aliphatic heterocycles. The van der Waals surface area contributed by atoms with Gasteiger partial charge >= 0.3 is 0 Å². The number of nitrogens with zero attached hydrogens (tertiary/aromatic N) is 1. The second-order valence-corrected chi connectivity index (χ2v) is 8.97. The predicted molar refractivity (Wildman–Crippen MR) is 115 cm³/mol. The number of thiazole rings is 1. The third-order valence-corrected chi connectivity index (χ3v) is 6.29. The van der Waals surface area contributed by atoms with Crippen molar-refractivity contribution in [2.75, 3.05) is 19.6 Å². The van der Waals surface area contributed by atoms with Crippen molar-refractivity contribution in [1.82, 2.24) is 15.2 Å². The van der Waals surface area contributed by atoms with Crippen molar-refractivity contribution in [2.45, 2.75) is 25.0 Å². The number of likely N-dealkylation sites (tertiary alicyclic amines) is 1. The fourth-order valence-corrected chi connectivity index (χ4v) is 4.79. The van der Waals surface area contributed by atoms with Crippen LogP contribution in [0.2, 0.25) is 0 Å². The van der Waals surface area contributed by atoms with Crippen LogP contribution >= 0.6 is 23.6 Å². The number of rotatable bonds is 6. The molecule has 5 nitrogen and oxygen atoms in total. The number of β-amino-alcohol motifs (C(OH)–C–C–N with tert-alkyl or cyclic N) is 1. The van der Waals surface area contributed by atoms with Crippen LogP contribution in [0.3, 0.4) is 0 Å². The molecular formula is C21H23N3O2S2. The summed E-state index contributed by atoms with van der Waals surface area (Å²) in [5.74, 6) is -0.0122. The summed E-state index contributed by atoms with van der Waals surface area (Å²) in [7, 11) is 0. The van der Waals surface area contributed by atoms with Gasteiger partial charge in [0.25, 0.3) is 0 Å². The van der Waals surface area contributed by atoms with E-state index in [-0.39, 0.29) is 18.1 Å². The summed E-state index contributed by atoms with van der Waals surface area (Å²) in [5.41, 5.74) is 3.01. The van der Waals surface area contributed by atoms with Crippen LogP contribution in [0.5, 0.6) is 0 Å². The molecule has 3 N–H and O–H groups in total. The van der Waals surface area contributed by atoms with Gasteiger partial charge in [0.1, 0.15) is 0 Å². The molecule has 0 radical (unpaired) electrons. The SMILES string of the molecule is O=C(Cc1ccc2sc(=S)[nH]c2c1)NC(CN1CC[C@H](O)C1)c1ccccc1. The summed E-state index contributed by atoms with van der Waals surface area (Å²) in [4.78, 5) is 18.1. The number of aliphatic hydroxyl groups is 1. The van der Waals surface area contributed by atoms with E-state index in [0.29, 0.717) is 19.5 Å². The summed E-state index contributed by atoms with van der Waals surface area (Å²) in [6.45, 7) is 2.21. The highest BCUT2D eigenvalue weighted by molar-refractivity contribution is 7.73. The lowest BCUT2D eigenvalue weighted by Crippen LogP contribution is -2.38. The summed E-state index contributed by atoms with van der Waals surface area (Å²) < 4.78 is 1.84. The van der Waals surface area contributed by atoms with E-state index in [0.717, 1.165) is 38.3 Å². The van der Waals surface area contributed by atoms with Crippen molar-refractivity contribution in [3.63, 3.8) is 0 Å². The first kappa shape index (κ1) is 19.3. The molecule has 7 heteroatoms. The molecule has 4 rings (SSSR count). The number of benzene rings is 2. The van der Waals surface area contributed by atoms with Crippen molar-refractivity contribution in [3.8, 4) is 0 Å². The van der Waals surface area contributed by atoms with Crippen LogP contribution in [0, 0.1) is 3.95 Å². The molecule has 1 unspecified atom stereocenters. The normalized spacial score (nSPS) is 18.4. The van der Waals surface area contributed by atoms with E-state index in [1.165, 1.54) is 11.3 Å². The van der Waals surface area contributed by atoms with Crippen LogP contribution < -0.4 is 5.32 Å². The summed E-state index contributed by atoms with van der Waals surface area (Å²) in [5, 5.41) is 13.0. The number of aromatic nitrogens is 1. The number of fused-ring (bicyclic) bond motifs is 1. The standard InChI is InChI=1S/C21H23N3O2S2/c25-16-8-9-24(12-16)13-18(15-4-2-1-3-5-15)22-20(26)11-14-6-7-19-17(10-14)23-21(27)28-19/h1-7,10,16,18,25H,8-9,11-13H2,(H,22,26)(H,23,27)/t16-,18?/m0/s1. The monoisotopic (exact) mass is 413 g/mol. The van der Waals surface area contributed by atoms with Gasteiger partial charge in [-0.2, -0.15) is 0 Å². The van der Waals surface area contributed by atoms with Crippen LogP contribution in [0.4, 0.5) is 0 Å². The molecule has 0 spiro atoms. The molecule has 0 saturated carbocycles. The van der Waals surface area contributed by atoms with E-state index >= 15 is 0 Å². The molecule has 2 aromatic carbocycles. The Hall–Kier alpha value is -2.06. The number of carbonyl (C=O) groups is 1. The fourth-order valence-electron chi connectivity index (χ4n) is 3.70. The fraction of sp³-hybridized carbons (Fsp3) is 0.333. The number of H-pyrrole nitrogens is 1. The molecule has 1 fully saturated rings. The minimum atomic E-state index is -0.269. The number of carbonyl (C=O) groups excluding carboxylic acids is 1. The Morgan fingerprint density at radius 3 is 2.89 bits per heavy atom. The predicted octanol–water partition coefficient (Wildman–Crippen LogP) is 3.43. The van der Waals surface area contributed by atoms with Crippen LogP contribution in [0.1, 0.15) is 23.6 Å². The van der Waals surface area contributed by atoms with Crippen molar-refractivity contribution >= 4 is 39.7 Å². The Bertz CT molecular complexity index is 1020. The van der Waals surface area contributed by atoms with Crippen LogP contribution in [0.15, 0.2) is 48.5 Å². The van der Waals surface area contributed by atoms with Gasteiger partial charge in [0, 0.05) is 19.6 Å². The van der Waals surface area contributed by atoms with Gasteiger partial charge in [-0.3, -0.25) is 9.69 Å². The highest BCUT2D eigenvalue weighted by Crippen LogP contribution is 2.22. The minimum Gasteiger partial charge on any atom is -0.392 e. The molecule has 146 valence electrons. The van der Waals surface area contributed by atoms with Gasteiger partial charge in [-0.15, -0.1) is 11.3 Å². The number of hydrogen-bond donors (Lipinski definition) is 3. The first-order valence-electron chi connectivity index (χ1n) is 9.43. The van der Waals surface area contributed by atoms with Crippen LogP contribution in [0.25, 0.3) is 10.2 Å². The topological polar surface area (TPSA) is 68.4 Å². The van der Waals surface area contributed by atoms with Gasteiger partial charge in [0.2, 0.25) is 5.91 Å². The van der Waals surface area contributed by atoms with Gasteiger partial charge in [-0.1, -0.05) is 36.4 Å². The van der Waals surface area contributed by atoms with E-state index < -0.39 is 0 Å².